The summed E-state index contributed by atoms with van der Waals surface area (Å²) in [6, 6.07) is 16.2. The van der Waals surface area contributed by atoms with Gasteiger partial charge in [0.2, 0.25) is 0 Å². The van der Waals surface area contributed by atoms with Crippen LogP contribution >= 0.6 is 11.6 Å². The number of nitro groups is 1. The second-order valence-electron chi connectivity index (χ2n) is 5.98. The second kappa shape index (κ2) is 8.06. The molecule has 1 atom stereocenters. The van der Waals surface area contributed by atoms with Crippen molar-refractivity contribution in [2.75, 3.05) is 5.32 Å². The van der Waals surface area contributed by atoms with Gasteiger partial charge in [0.25, 0.3) is 11.6 Å². The van der Waals surface area contributed by atoms with Crippen molar-refractivity contribution in [2.45, 2.75) is 13.0 Å². The Morgan fingerprint density at radius 1 is 1.11 bits per heavy atom. The topological polar surface area (TPSA) is 98.5 Å². The number of benzene rings is 3. The number of nitrogens with zero attached hydrogens (tertiary/aromatic N) is 1. The number of fused-ring (bicyclic) bond motifs is 1. The van der Waals surface area contributed by atoms with Crippen LogP contribution in [0.2, 0.25) is 5.02 Å². The SMILES string of the molecule is C[C@H](OC(=O)c1cccc2ccccc12)C(=O)Nc1cc([N+](=O)[O-])ccc1Cl. The van der Waals surface area contributed by atoms with E-state index in [9.17, 15) is 19.7 Å². The molecule has 0 spiro atoms. The molecule has 1 N–H and O–H groups in total. The van der Waals surface area contributed by atoms with Crippen LogP contribution in [0.4, 0.5) is 11.4 Å². The highest BCUT2D eigenvalue weighted by atomic mass is 35.5. The Morgan fingerprint density at radius 2 is 1.82 bits per heavy atom. The molecule has 0 aliphatic rings. The first-order chi connectivity index (χ1) is 13.4. The Kier molecular flexibility index (Phi) is 5.56. The number of non-ortho nitro benzene ring substituents is 1. The van der Waals surface area contributed by atoms with Crippen molar-refractivity contribution in [3.05, 3.63) is 81.4 Å². The van der Waals surface area contributed by atoms with Gasteiger partial charge >= 0.3 is 5.97 Å². The molecule has 0 aliphatic carbocycles. The highest BCUT2D eigenvalue weighted by molar-refractivity contribution is 6.33. The molecule has 0 aliphatic heterocycles. The first-order valence-corrected chi connectivity index (χ1v) is 8.68. The molecule has 0 bridgehead atoms. The molecule has 0 fully saturated rings. The Labute approximate surface area is 165 Å². The van der Waals surface area contributed by atoms with Crippen molar-refractivity contribution in [3.63, 3.8) is 0 Å². The summed E-state index contributed by atoms with van der Waals surface area (Å²) >= 11 is 5.97. The van der Waals surface area contributed by atoms with Gasteiger partial charge in [0.05, 0.1) is 21.2 Å². The average molecular weight is 399 g/mol. The fourth-order valence-corrected chi connectivity index (χ4v) is 2.80. The monoisotopic (exact) mass is 398 g/mol. The Hall–Kier alpha value is -3.45. The third kappa shape index (κ3) is 4.10. The van der Waals surface area contributed by atoms with Gasteiger partial charge in [0.1, 0.15) is 0 Å². The first kappa shape index (κ1) is 19.3. The minimum absolute atomic E-state index is 0.0638. The third-order valence-corrected chi connectivity index (χ3v) is 4.41. The molecule has 0 aromatic heterocycles. The van der Waals surface area contributed by atoms with Crippen LogP contribution in [0.3, 0.4) is 0 Å². The van der Waals surface area contributed by atoms with E-state index in [0.717, 1.165) is 11.5 Å². The quantitative estimate of drug-likeness (QED) is 0.385. The van der Waals surface area contributed by atoms with Crippen LogP contribution in [0, 0.1) is 10.1 Å². The van der Waals surface area contributed by atoms with Gasteiger partial charge in [0.15, 0.2) is 6.10 Å². The zero-order valence-electron chi connectivity index (χ0n) is 14.7. The molecule has 0 saturated carbocycles. The summed E-state index contributed by atoms with van der Waals surface area (Å²) < 4.78 is 5.27. The van der Waals surface area contributed by atoms with E-state index in [1.54, 1.807) is 24.3 Å². The predicted octanol–water partition coefficient (Wildman–Crippen LogP) is 4.59. The maximum Gasteiger partial charge on any atom is 0.339 e. The van der Waals surface area contributed by atoms with Gasteiger partial charge in [-0.1, -0.05) is 48.0 Å². The van der Waals surface area contributed by atoms with Crippen LogP contribution in [0.25, 0.3) is 10.8 Å². The summed E-state index contributed by atoms with van der Waals surface area (Å²) in [6.07, 6.45) is -1.14. The molecule has 8 heteroatoms. The molecule has 3 rings (SSSR count). The van der Waals surface area contributed by atoms with E-state index in [-0.39, 0.29) is 16.4 Å². The zero-order chi connectivity index (χ0) is 20.3. The number of hydrogen-bond donors (Lipinski definition) is 1. The third-order valence-electron chi connectivity index (χ3n) is 4.08. The highest BCUT2D eigenvalue weighted by Crippen LogP contribution is 2.27. The largest absolute Gasteiger partial charge is 0.449 e. The van der Waals surface area contributed by atoms with Gasteiger partial charge in [-0.05, 0) is 29.8 Å². The minimum Gasteiger partial charge on any atom is -0.449 e. The number of esters is 1. The van der Waals surface area contributed by atoms with Crippen molar-refractivity contribution < 1.29 is 19.2 Å². The average Bonchev–Trinajstić information content (AvgIpc) is 2.68. The highest BCUT2D eigenvalue weighted by Gasteiger charge is 2.22. The van der Waals surface area contributed by atoms with Gasteiger partial charge in [-0.2, -0.15) is 0 Å². The molecule has 28 heavy (non-hydrogen) atoms. The van der Waals surface area contributed by atoms with Crippen molar-refractivity contribution in [3.8, 4) is 0 Å². The second-order valence-corrected chi connectivity index (χ2v) is 6.39. The molecule has 1 amide bonds. The van der Waals surface area contributed by atoms with E-state index in [0.29, 0.717) is 10.9 Å². The fourth-order valence-electron chi connectivity index (χ4n) is 2.64. The standard InChI is InChI=1S/C20H15ClN2O5/c1-12(19(24)22-18-11-14(23(26)27)9-10-17(18)21)28-20(25)16-8-4-6-13-5-2-3-7-15(13)16/h2-12H,1H3,(H,22,24)/t12-/m0/s1. The number of halogens is 1. The van der Waals surface area contributed by atoms with Crippen LogP contribution in [-0.2, 0) is 9.53 Å². The molecule has 3 aromatic carbocycles. The van der Waals surface area contributed by atoms with Crippen LogP contribution in [0.5, 0.6) is 0 Å². The smallest absolute Gasteiger partial charge is 0.339 e. The van der Waals surface area contributed by atoms with Gasteiger partial charge in [-0.3, -0.25) is 14.9 Å². The minimum atomic E-state index is -1.14. The van der Waals surface area contributed by atoms with Gasteiger partial charge in [-0.25, -0.2) is 4.79 Å². The number of carbonyl (C=O) groups excluding carboxylic acids is 2. The number of anilines is 1. The van der Waals surface area contributed by atoms with E-state index < -0.39 is 22.9 Å². The Balaban J connectivity index is 1.75. The lowest BCUT2D eigenvalue weighted by molar-refractivity contribution is -0.384. The number of nitro benzene ring substituents is 1. The van der Waals surface area contributed by atoms with Crippen molar-refractivity contribution in [1.29, 1.82) is 0 Å². The fraction of sp³-hybridized carbons (Fsp3) is 0.100. The lowest BCUT2D eigenvalue weighted by atomic mass is 10.0. The van der Waals surface area contributed by atoms with Gasteiger partial charge in [-0.15, -0.1) is 0 Å². The van der Waals surface area contributed by atoms with E-state index in [2.05, 4.69) is 5.32 Å². The van der Waals surface area contributed by atoms with Crippen molar-refractivity contribution in [2.24, 2.45) is 0 Å². The summed E-state index contributed by atoms with van der Waals surface area (Å²) in [5.74, 6) is -1.31. The molecular formula is C20H15ClN2O5. The van der Waals surface area contributed by atoms with Crippen molar-refractivity contribution in [1.82, 2.24) is 0 Å². The molecular weight excluding hydrogens is 384 g/mol. The molecule has 0 radical (unpaired) electrons. The number of rotatable bonds is 5. The van der Waals surface area contributed by atoms with Crippen LogP contribution in [0.15, 0.2) is 60.7 Å². The summed E-state index contributed by atoms with van der Waals surface area (Å²) in [5, 5.41) is 15.0. The van der Waals surface area contributed by atoms with E-state index in [1.807, 2.05) is 18.2 Å². The molecule has 0 unspecified atom stereocenters. The normalized spacial score (nSPS) is 11.6. The lowest BCUT2D eigenvalue weighted by Gasteiger charge is -2.15. The number of hydrogen-bond acceptors (Lipinski definition) is 5. The molecule has 7 nitrogen and oxygen atoms in total. The predicted molar refractivity (Wildman–Crippen MR) is 106 cm³/mol. The van der Waals surface area contributed by atoms with Crippen LogP contribution in [-0.4, -0.2) is 22.9 Å². The molecule has 142 valence electrons. The van der Waals surface area contributed by atoms with E-state index in [1.165, 1.54) is 19.1 Å². The lowest BCUT2D eigenvalue weighted by Crippen LogP contribution is -2.30. The maximum atomic E-state index is 12.5. The van der Waals surface area contributed by atoms with Crippen molar-refractivity contribution >= 4 is 45.6 Å². The maximum absolute atomic E-state index is 12.5. The van der Waals surface area contributed by atoms with Gasteiger partial charge in [0, 0.05) is 12.1 Å². The van der Waals surface area contributed by atoms with Gasteiger partial charge < -0.3 is 10.1 Å². The number of amides is 1. The summed E-state index contributed by atoms with van der Waals surface area (Å²) in [7, 11) is 0. The van der Waals surface area contributed by atoms with E-state index in [4.69, 9.17) is 16.3 Å². The van der Waals surface area contributed by atoms with E-state index >= 15 is 0 Å². The molecule has 0 saturated heterocycles. The number of ether oxygens (including phenoxy) is 1. The summed E-state index contributed by atoms with van der Waals surface area (Å²) in [6.45, 7) is 1.41. The molecule has 0 heterocycles. The summed E-state index contributed by atoms with van der Waals surface area (Å²) in [5.41, 5.74) is 0.181. The van der Waals surface area contributed by atoms with Crippen LogP contribution in [0.1, 0.15) is 17.3 Å². The Bertz CT molecular complexity index is 1080. The Morgan fingerprint density at radius 3 is 2.57 bits per heavy atom. The molecule has 3 aromatic rings. The summed E-state index contributed by atoms with van der Waals surface area (Å²) in [4.78, 5) is 35.2. The number of nitrogens with one attached hydrogen (secondary N) is 1. The van der Waals surface area contributed by atoms with Crippen LogP contribution < -0.4 is 5.32 Å². The zero-order valence-corrected chi connectivity index (χ0v) is 15.5. The number of carbonyl (C=O) groups is 2. The first-order valence-electron chi connectivity index (χ1n) is 8.30.